The summed E-state index contributed by atoms with van der Waals surface area (Å²) in [4.78, 5) is 14.4. The van der Waals surface area contributed by atoms with E-state index < -0.39 is 0 Å². The molecule has 1 aliphatic heterocycles. The van der Waals surface area contributed by atoms with Gasteiger partial charge in [0, 0.05) is 37.6 Å². The zero-order valence-corrected chi connectivity index (χ0v) is 19.0. The van der Waals surface area contributed by atoms with E-state index in [9.17, 15) is 4.39 Å². The average Bonchev–Trinajstić information content (AvgIpc) is 3.35. The maximum Gasteiger partial charge on any atom is 0.229 e. The Balaban J connectivity index is 1.36. The van der Waals surface area contributed by atoms with E-state index in [1.165, 1.54) is 17.8 Å². The number of rotatable bonds is 5. The highest BCUT2D eigenvalue weighted by Crippen LogP contribution is 2.29. The Bertz CT molecular complexity index is 1430. The van der Waals surface area contributed by atoms with Gasteiger partial charge in [-0.3, -0.25) is 0 Å². The second-order valence-corrected chi connectivity index (χ2v) is 8.44. The molecule has 1 fully saturated rings. The number of anilines is 4. The number of fused-ring (bicyclic) bond motifs is 1. The van der Waals surface area contributed by atoms with Gasteiger partial charge in [-0.25, -0.2) is 9.07 Å². The summed E-state index contributed by atoms with van der Waals surface area (Å²) in [6.45, 7) is 3.36. The van der Waals surface area contributed by atoms with Crippen molar-refractivity contribution in [1.82, 2.24) is 19.7 Å². The third-order valence-corrected chi connectivity index (χ3v) is 6.21. The van der Waals surface area contributed by atoms with Gasteiger partial charge in [-0.05, 0) is 48.5 Å². The first kappa shape index (κ1) is 21.1. The van der Waals surface area contributed by atoms with Crippen LogP contribution in [0.1, 0.15) is 0 Å². The van der Waals surface area contributed by atoms with E-state index in [4.69, 9.17) is 9.97 Å². The van der Waals surface area contributed by atoms with Crippen LogP contribution in [0.3, 0.4) is 0 Å². The minimum absolute atomic E-state index is 0.280. The van der Waals surface area contributed by atoms with Crippen LogP contribution >= 0.6 is 0 Å². The Morgan fingerprint density at radius 1 is 0.686 bits per heavy atom. The molecule has 3 heterocycles. The Hall–Kier alpha value is -4.46. The normalized spacial score (nSPS) is 13.9. The summed E-state index contributed by atoms with van der Waals surface area (Å²) < 4.78 is 15.3. The molecule has 0 bridgehead atoms. The molecule has 7 nitrogen and oxygen atoms in total. The van der Waals surface area contributed by atoms with Gasteiger partial charge in [-0.2, -0.15) is 15.1 Å². The smallest absolute Gasteiger partial charge is 0.229 e. The molecule has 5 aromatic rings. The van der Waals surface area contributed by atoms with Crippen molar-refractivity contribution in [1.29, 1.82) is 0 Å². The molecule has 0 radical (unpaired) electrons. The molecule has 0 aliphatic carbocycles. The standard InChI is InChI=1S/C27H24FN7/c28-20-11-13-21(14-12-20)30-25-24-19-29-35(23-9-5-2-6-10-23)26(24)32-27(31-25)34-17-15-33(16-18-34)22-7-3-1-4-8-22/h1-14,19H,15-18H2,(H,30,31,32). The summed E-state index contributed by atoms with van der Waals surface area (Å²) >= 11 is 0. The van der Waals surface area contributed by atoms with Crippen LogP contribution in [0.25, 0.3) is 16.7 Å². The summed E-state index contributed by atoms with van der Waals surface area (Å²) in [5, 5.41) is 8.75. The van der Waals surface area contributed by atoms with E-state index >= 15 is 0 Å². The summed E-state index contributed by atoms with van der Waals surface area (Å²) in [7, 11) is 0. The number of benzene rings is 3. The first-order valence-electron chi connectivity index (χ1n) is 11.6. The number of piperazine rings is 1. The largest absolute Gasteiger partial charge is 0.368 e. The number of para-hydroxylation sites is 2. The summed E-state index contributed by atoms with van der Waals surface area (Å²) in [5.74, 6) is 1.01. The summed E-state index contributed by atoms with van der Waals surface area (Å²) in [6.07, 6.45) is 1.77. The van der Waals surface area contributed by atoms with Crippen molar-refractivity contribution in [2.24, 2.45) is 0 Å². The van der Waals surface area contributed by atoms with Gasteiger partial charge < -0.3 is 15.1 Å². The van der Waals surface area contributed by atoms with Crippen LogP contribution in [0.5, 0.6) is 0 Å². The van der Waals surface area contributed by atoms with Gasteiger partial charge in [0.15, 0.2) is 5.65 Å². The third kappa shape index (κ3) is 4.26. The Labute approximate surface area is 202 Å². The van der Waals surface area contributed by atoms with E-state index in [-0.39, 0.29) is 5.82 Å². The lowest BCUT2D eigenvalue weighted by molar-refractivity contribution is 0.628. The Morgan fingerprint density at radius 3 is 2.00 bits per heavy atom. The first-order valence-corrected chi connectivity index (χ1v) is 11.6. The van der Waals surface area contributed by atoms with E-state index in [0.717, 1.165) is 48.6 Å². The molecule has 8 heteroatoms. The van der Waals surface area contributed by atoms with Crippen LogP contribution < -0.4 is 15.1 Å². The Morgan fingerprint density at radius 2 is 1.31 bits per heavy atom. The maximum absolute atomic E-state index is 13.5. The summed E-state index contributed by atoms with van der Waals surface area (Å²) in [6, 6.07) is 26.6. The quantitative estimate of drug-likeness (QED) is 0.393. The Kier molecular flexibility index (Phi) is 5.46. The highest BCUT2D eigenvalue weighted by atomic mass is 19.1. The molecule has 0 saturated carbocycles. The second-order valence-electron chi connectivity index (χ2n) is 8.44. The van der Waals surface area contributed by atoms with Gasteiger partial charge >= 0.3 is 0 Å². The highest BCUT2D eigenvalue weighted by molar-refractivity contribution is 5.90. The van der Waals surface area contributed by atoms with E-state index in [0.29, 0.717) is 11.8 Å². The van der Waals surface area contributed by atoms with E-state index in [2.05, 4.69) is 44.5 Å². The number of hydrogen-bond acceptors (Lipinski definition) is 6. The number of aromatic nitrogens is 4. The minimum Gasteiger partial charge on any atom is -0.368 e. The van der Waals surface area contributed by atoms with Crippen LogP contribution in [0.2, 0.25) is 0 Å². The zero-order valence-electron chi connectivity index (χ0n) is 19.0. The number of hydrogen-bond donors (Lipinski definition) is 1. The molecular formula is C27H24FN7. The van der Waals surface area contributed by atoms with Crippen molar-refractivity contribution < 1.29 is 4.39 Å². The SMILES string of the molecule is Fc1ccc(Nc2nc(N3CCN(c4ccccc4)CC3)nc3c2cnn3-c2ccccc2)cc1. The zero-order chi connectivity index (χ0) is 23.6. The van der Waals surface area contributed by atoms with Gasteiger partial charge in [-0.1, -0.05) is 36.4 Å². The molecule has 0 amide bonds. The predicted molar refractivity (Wildman–Crippen MR) is 137 cm³/mol. The monoisotopic (exact) mass is 465 g/mol. The number of halogens is 1. The molecule has 3 aromatic carbocycles. The highest BCUT2D eigenvalue weighted by Gasteiger charge is 2.22. The molecule has 0 spiro atoms. The topological polar surface area (TPSA) is 62.1 Å². The lowest BCUT2D eigenvalue weighted by atomic mass is 10.2. The fourth-order valence-corrected chi connectivity index (χ4v) is 4.36. The van der Waals surface area contributed by atoms with Crippen LogP contribution in [0.15, 0.2) is 91.1 Å². The molecule has 1 N–H and O–H groups in total. The van der Waals surface area contributed by atoms with Gasteiger partial charge in [0.25, 0.3) is 0 Å². The predicted octanol–water partition coefficient (Wildman–Crippen LogP) is 5.02. The molecule has 1 saturated heterocycles. The molecule has 35 heavy (non-hydrogen) atoms. The molecule has 0 unspecified atom stereocenters. The van der Waals surface area contributed by atoms with Crippen LogP contribution in [0, 0.1) is 5.82 Å². The molecule has 174 valence electrons. The van der Waals surface area contributed by atoms with Crippen molar-refractivity contribution in [3.63, 3.8) is 0 Å². The van der Waals surface area contributed by atoms with E-state index in [1.54, 1.807) is 18.3 Å². The van der Waals surface area contributed by atoms with Crippen molar-refractivity contribution in [3.8, 4) is 5.69 Å². The van der Waals surface area contributed by atoms with Crippen molar-refractivity contribution in [2.75, 3.05) is 41.3 Å². The molecule has 1 aliphatic rings. The van der Waals surface area contributed by atoms with Gasteiger partial charge in [0.2, 0.25) is 5.95 Å². The van der Waals surface area contributed by atoms with Crippen molar-refractivity contribution in [3.05, 3.63) is 96.9 Å². The number of nitrogens with one attached hydrogen (secondary N) is 1. The molecular weight excluding hydrogens is 441 g/mol. The fraction of sp³-hybridized carbons (Fsp3) is 0.148. The lowest BCUT2D eigenvalue weighted by Crippen LogP contribution is -2.47. The fourth-order valence-electron chi connectivity index (χ4n) is 4.36. The van der Waals surface area contributed by atoms with Gasteiger partial charge in [0.1, 0.15) is 11.6 Å². The average molecular weight is 466 g/mol. The molecule has 0 atom stereocenters. The minimum atomic E-state index is -0.280. The van der Waals surface area contributed by atoms with Crippen molar-refractivity contribution in [2.45, 2.75) is 0 Å². The van der Waals surface area contributed by atoms with Crippen LogP contribution in [0.4, 0.5) is 27.5 Å². The summed E-state index contributed by atoms with van der Waals surface area (Å²) in [5.41, 5.74) is 3.62. The second kappa shape index (κ2) is 9.06. The molecule has 6 rings (SSSR count). The third-order valence-electron chi connectivity index (χ3n) is 6.21. The first-order chi connectivity index (χ1) is 17.2. The van der Waals surface area contributed by atoms with Crippen LogP contribution in [-0.4, -0.2) is 45.9 Å². The van der Waals surface area contributed by atoms with Gasteiger partial charge in [0.05, 0.1) is 17.3 Å². The van der Waals surface area contributed by atoms with Gasteiger partial charge in [-0.15, -0.1) is 0 Å². The molecule has 2 aromatic heterocycles. The van der Waals surface area contributed by atoms with Crippen molar-refractivity contribution >= 4 is 34.2 Å². The maximum atomic E-state index is 13.5. The lowest BCUT2D eigenvalue weighted by Gasteiger charge is -2.36. The number of nitrogens with zero attached hydrogens (tertiary/aromatic N) is 6. The van der Waals surface area contributed by atoms with Crippen LogP contribution in [-0.2, 0) is 0 Å². The van der Waals surface area contributed by atoms with E-state index in [1.807, 2.05) is 41.1 Å².